The SMILES string of the molecule is CCC(C(=O)O)N1CCCCC1CCN. The zero-order valence-electron chi connectivity index (χ0n) is 9.48. The van der Waals surface area contributed by atoms with E-state index >= 15 is 0 Å². The lowest BCUT2D eigenvalue weighted by Crippen LogP contribution is -2.50. The van der Waals surface area contributed by atoms with E-state index in [-0.39, 0.29) is 6.04 Å². The smallest absolute Gasteiger partial charge is 0.320 e. The highest BCUT2D eigenvalue weighted by Gasteiger charge is 2.31. The fourth-order valence-electron chi connectivity index (χ4n) is 2.49. The van der Waals surface area contributed by atoms with Gasteiger partial charge in [0.25, 0.3) is 0 Å². The minimum atomic E-state index is -0.693. The van der Waals surface area contributed by atoms with Gasteiger partial charge in [0.05, 0.1) is 0 Å². The first-order chi connectivity index (χ1) is 7.20. The lowest BCUT2D eigenvalue weighted by atomic mass is 9.96. The van der Waals surface area contributed by atoms with Crippen molar-refractivity contribution in [1.29, 1.82) is 0 Å². The van der Waals surface area contributed by atoms with E-state index in [9.17, 15) is 4.79 Å². The summed E-state index contributed by atoms with van der Waals surface area (Å²) < 4.78 is 0. The summed E-state index contributed by atoms with van der Waals surface area (Å²) in [6.45, 7) is 3.50. The second-order valence-electron chi connectivity index (χ2n) is 4.23. The normalized spacial score (nSPS) is 25.1. The van der Waals surface area contributed by atoms with E-state index in [1.807, 2.05) is 6.92 Å². The highest BCUT2D eigenvalue weighted by atomic mass is 16.4. The molecular formula is C11H22N2O2. The number of piperidine rings is 1. The Hall–Kier alpha value is -0.610. The number of hydrogen-bond donors (Lipinski definition) is 2. The standard InChI is InChI=1S/C11H22N2O2/c1-2-10(11(14)15)13-8-4-3-5-9(13)6-7-12/h9-10H,2-8,12H2,1H3,(H,14,15). The Bertz CT molecular complexity index is 207. The highest BCUT2D eigenvalue weighted by Crippen LogP contribution is 2.23. The van der Waals surface area contributed by atoms with Crippen molar-refractivity contribution in [2.75, 3.05) is 13.1 Å². The predicted octanol–water partition coefficient (Wildman–Crippen LogP) is 1.05. The minimum absolute atomic E-state index is 0.318. The molecule has 15 heavy (non-hydrogen) atoms. The molecule has 2 unspecified atom stereocenters. The van der Waals surface area contributed by atoms with Crippen molar-refractivity contribution in [3.8, 4) is 0 Å². The Morgan fingerprint density at radius 1 is 1.60 bits per heavy atom. The van der Waals surface area contributed by atoms with Crippen LogP contribution in [0.1, 0.15) is 39.0 Å². The third-order valence-electron chi connectivity index (χ3n) is 3.24. The van der Waals surface area contributed by atoms with Gasteiger partial charge >= 0.3 is 5.97 Å². The molecule has 0 aliphatic carbocycles. The second-order valence-corrected chi connectivity index (χ2v) is 4.23. The van der Waals surface area contributed by atoms with Gasteiger partial charge in [-0.1, -0.05) is 13.3 Å². The summed E-state index contributed by atoms with van der Waals surface area (Å²) in [5.41, 5.74) is 5.57. The van der Waals surface area contributed by atoms with Crippen LogP contribution in [0.15, 0.2) is 0 Å². The van der Waals surface area contributed by atoms with Crippen molar-refractivity contribution >= 4 is 5.97 Å². The molecule has 4 nitrogen and oxygen atoms in total. The molecule has 88 valence electrons. The first-order valence-electron chi connectivity index (χ1n) is 5.89. The number of carboxylic acids is 1. The Kier molecular flexibility index (Phi) is 5.05. The van der Waals surface area contributed by atoms with Crippen molar-refractivity contribution in [3.63, 3.8) is 0 Å². The summed E-state index contributed by atoms with van der Waals surface area (Å²) in [5.74, 6) is -0.693. The van der Waals surface area contributed by atoms with Crippen molar-refractivity contribution in [2.24, 2.45) is 5.73 Å². The van der Waals surface area contributed by atoms with E-state index in [0.717, 1.165) is 25.8 Å². The highest BCUT2D eigenvalue weighted by molar-refractivity contribution is 5.73. The number of aliphatic carboxylic acids is 1. The monoisotopic (exact) mass is 214 g/mol. The van der Waals surface area contributed by atoms with Crippen LogP contribution in [-0.2, 0) is 4.79 Å². The first-order valence-corrected chi connectivity index (χ1v) is 5.89. The van der Waals surface area contributed by atoms with Gasteiger partial charge in [-0.15, -0.1) is 0 Å². The number of hydrogen-bond acceptors (Lipinski definition) is 3. The maximum Gasteiger partial charge on any atom is 0.320 e. The average molecular weight is 214 g/mol. The Balaban J connectivity index is 2.64. The Morgan fingerprint density at radius 3 is 2.87 bits per heavy atom. The number of carbonyl (C=O) groups is 1. The van der Waals surface area contributed by atoms with E-state index in [1.165, 1.54) is 6.42 Å². The molecule has 1 rings (SSSR count). The molecule has 0 aromatic carbocycles. The lowest BCUT2D eigenvalue weighted by molar-refractivity contribution is -0.145. The maximum absolute atomic E-state index is 11.1. The molecule has 0 spiro atoms. The van der Waals surface area contributed by atoms with E-state index in [4.69, 9.17) is 10.8 Å². The van der Waals surface area contributed by atoms with Crippen molar-refractivity contribution in [1.82, 2.24) is 4.90 Å². The fourth-order valence-corrected chi connectivity index (χ4v) is 2.49. The molecule has 4 heteroatoms. The molecule has 0 saturated carbocycles. The van der Waals surface area contributed by atoms with Crippen LogP contribution in [0.4, 0.5) is 0 Å². The first kappa shape index (κ1) is 12.5. The molecule has 2 atom stereocenters. The van der Waals surface area contributed by atoms with Gasteiger partial charge in [0.1, 0.15) is 6.04 Å². The lowest BCUT2D eigenvalue weighted by Gasteiger charge is -2.39. The molecule has 0 amide bonds. The van der Waals surface area contributed by atoms with Crippen molar-refractivity contribution in [3.05, 3.63) is 0 Å². The van der Waals surface area contributed by atoms with Gasteiger partial charge in [-0.3, -0.25) is 9.69 Å². The van der Waals surface area contributed by atoms with Gasteiger partial charge in [0.15, 0.2) is 0 Å². The third kappa shape index (κ3) is 3.18. The molecule has 3 N–H and O–H groups in total. The van der Waals surface area contributed by atoms with E-state index in [0.29, 0.717) is 19.0 Å². The van der Waals surface area contributed by atoms with Crippen molar-refractivity contribution in [2.45, 2.75) is 51.1 Å². The van der Waals surface area contributed by atoms with Crippen LogP contribution in [0.5, 0.6) is 0 Å². The fraction of sp³-hybridized carbons (Fsp3) is 0.909. The summed E-state index contributed by atoms with van der Waals surface area (Å²) >= 11 is 0. The second kappa shape index (κ2) is 6.08. The largest absolute Gasteiger partial charge is 0.480 e. The molecule has 1 aliphatic rings. The molecule has 1 fully saturated rings. The van der Waals surface area contributed by atoms with Gasteiger partial charge in [-0.2, -0.15) is 0 Å². The summed E-state index contributed by atoms with van der Waals surface area (Å²) in [7, 11) is 0. The predicted molar refractivity (Wildman–Crippen MR) is 59.7 cm³/mol. The van der Waals surface area contributed by atoms with Crippen LogP contribution in [0.2, 0.25) is 0 Å². The average Bonchev–Trinajstić information content (AvgIpc) is 2.21. The molecule has 1 aliphatic heterocycles. The molecule has 0 aromatic rings. The number of rotatable bonds is 5. The number of nitrogens with two attached hydrogens (primary N) is 1. The molecule has 0 bridgehead atoms. The van der Waals surface area contributed by atoms with Crippen LogP contribution >= 0.6 is 0 Å². The minimum Gasteiger partial charge on any atom is -0.480 e. The molecular weight excluding hydrogens is 192 g/mol. The zero-order valence-corrected chi connectivity index (χ0v) is 9.48. The number of nitrogens with zero attached hydrogens (tertiary/aromatic N) is 1. The van der Waals surface area contributed by atoms with E-state index in [1.54, 1.807) is 0 Å². The Morgan fingerprint density at radius 2 is 2.33 bits per heavy atom. The summed E-state index contributed by atoms with van der Waals surface area (Å²) in [4.78, 5) is 13.2. The molecule has 1 saturated heterocycles. The summed E-state index contributed by atoms with van der Waals surface area (Å²) in [6.07, 6.45) is 5.02. The van der Waals surface area contributed by atoms with Crippen LogP contribution in [0, 0.1) is 0 Å². The van der Waals surface area contributed by atoms with Gasteiger partial charge in [-0.05, 0) is 38.8 Å². The third-order valence-corrected chi connectivity index (χ3v) is 3.24. The zero-order chi connectivity index (χ0) is 11.3. The van der Waals surface area contributed by atoms with Gasteiger partial charge in [0, 0.05) is 6.04 Å². The number of likely N-dealkylation sites (tertiary alicyclic amines) is 1. The van der Waals surface area contributed by atoms with Gasteiger partial charge < -0.3 is 10.8 Å². The maximum atomic E-state index is 11.1. The summed E-state index contributed by atoms with van der Waals surface area (Å²) in [5, 5.41) is 9.14. The van der Waals surface area contributed by atoms with Crippen LogP contribution in [0.3, 0.4) is 0 Å². The molecule has 1 heterocycles. The van der Waals surface area contributed by atoms with Gasteiger partial charge in [0.2, 0.25) is 0 Å². The van der Waals surface area contributed by atoms with Crippen molar-refractivity contribution < 1.29 is 9.90 Å². The van der Waals surface area contributed by atoms with Crippen LogP contribution in [-0.4, -0.2) is 41.1 Å². The van der Waals surface area contributed by atoms with Gasteiger partial charge in [-0.25, -0.2) is 0 Å². The van der Waals surface area contributed by atoms with Crippen LogP contribution in [0.25, 0.3) is 0 Å². The molecule has 0 aromatic heterocycles. The number of carboxylic acid groups (broad SMARTS) is 1. The molecule has 0 radical (unpaired) electrons. The van der Waals surface area contributed by atoms with E-state index in [2.05, 4.69) is 4.90 Å². The quantitative estimate of drug-likeness (QED) is 0.718. The van der Waals surface area contributed by atoms with Crippen LogP contribution < -0.4 is 5.73 Å². The summed E-state index contributed by atoms with van der Waals surface area (Å²) in [6, 6.07) is 0.0617. The Labute approximate surface area is 91.4 Å². The van der Waals surface area contributed by atoms with E-state index < -0.39 is 5.97 Å². The topological polar surface area (TPSA) is 66.6 Å².